The van der Waals surface area contributed by atoms with Gasteiger partial charge >= 0.3 is 0 Å². The highest BCUT2D eigenvalue weighted by molar-refractivity contribution is 5.98. The van der Waals surface area contributed by atoms with E-state index in [-0.39, 0.29) is 18.2 Å². The third-order valence-electron chi connectivity index (χ3n) is 2.66. The number of nitrogens with two attached hydrogens (primary N) is 1. The van der Waals surface area contributed by atoms with Gasteiger partial charge in [0.2, 0.25) is 0 Å². The zero-order chi connectivity index (χ0) is 14.2. The molecule has 1 aromatic rings. The number of ether oxygens (including phenoxy) is 1. The second kappa shape index (κ2) is 4.51. The number of anilines is 1. The molecule has 7 heteroatoms. The first kappa shape index (κ1) is 13.3. The Morgan fingerprint density at radius 2 is 2.21 bits per heavy atom. The number of amides is 1. The molecule has 2 rings (SSSR count). The molecule has 1 aliphatic rings. The zero-order valence-electron chi connectivity index (χ0n) is 10.8. The van der Waals surface area contributed by atoms with Gasteiger partial charge in [-0.05, 0) is 19.9 Å². The van der Waals surface area contributed by atoms with E-state index in [1.54, 1.807) is 13.8 Å². The predicted octanol–water partition coefficient (Wildman–Crippen LogP) is 1.06. The summed E-state index contributed by atoms with van der Waals surface area (Å²) in [5, 5.41) is 10.7. The van der Waals surface area contributed by atoms with Crippen LogP contribution in [0.25, 0.3) is 0 Å². The second-order valence-corrected chi connectivity index (χ2v) is 5.17. The lowest BCUT2D eigenvalue weighted by atomic mass is 10.1. The molecule has 0 bridgehead atoms. The molecule has 7 nitrogen and oxygen atoms in total. The molecular formula is C12H15N3O4. The van der Waals surface area contributed by atoms with Gasteiger partial charge in [-0.3, -0.25) is 14.9 Å². The highest BCUT2D eigenvalue weighted by atomic mass is 16.6. The lowest BCUT2D eigenvalue weighted by molar-refractivity contribution is -0.384. The Hall–Kier alpha value is -2.15. The maximum Gasteiger partial charge on any atom is 0.273 e. The Morgan fingerprint density at radius 1 is 1.53 bits per heavy atom. The van der Waals surface area contributed by atoms with Crippen LogP contribution in [0.3, 0.4) is 0 Å². The third kappa shape index (κ3) is 2.82. The highest BCUT2D eigenvalue weighted by Gasteiger charge is 2.30. The van der Waals surface area contributed by atoms with E-state index in [0.717, 1.165) is 0 Å². The van der Waals surface area contributed by atoms with Crippen LogP contribution in [0.15, 0.2) is 18.2 Å². The zero-order valence-corrected chi connectivity index (χ0v) is 10.8. The van der Waals surface area contributed by atoms with Gasteiger partial charge in [0.05, 0.1) is 16.7 Å². The Bertz CT molecular complexity index is 536. The van der Waals surface area contributed by atoms with Crippen LogP contribution in [0.1, 0.15) is 13.8 Å². The summed E-state index contributed by atoms with van der Waals surface area (Å²) >= 11 is 0. The van der Waals surface area contributed by atoms with Gasteiger partial charge in [0, 0.05) is 18.2 Å². The van der Waals surface area contributed by atoms with Gasteiger partial charge in [0.15, 0.2) is 12.4 Å². The number of nitro benzene ring substituents is 1. The number of carbonyl (C=O) groups excluding carboxylic acids is 1. The van der Waals surface area contributed by atoms with E-state index in [2.05, 4.69) is 0 Å². The van der Waals surface area contributed by atoms with Crippen molar-refractivity contribution in [3.8, 4) is 5.75 Å². The molecule has 1 amide bonds. The van der Waals surface area contributed by atoms with E-state index in [1.165, 1.54) is 23.1 Å². The number of rotatable bonds is 3. The van der Waals surface area contributed by atoms with Crippen molar-refractivity contribution in [3.05, 3.63) is 28.3 Å². The van der Waals surface area contributed by atoms with Gasteiger partial charge in [-0.25, -0.2) is 0 Å². The molecule has 0 saturated carbocycles. The Balaban J connectivity index is 2.39. The molecule has 19 heavy (non-hydrogen) atoms. The van der Waals surface area contributed by atoms with Gasteiger partial charge in [-0.15, -0.1) is 0 Å². The van der Waals surface area contributed by atoms with Crippen molar-refractivity contribution in [1.82, 2.24) is 0 Å². The smallest absolute Gasteiger partial charge is 0.273 e. The standard InChI is InChI=1S/C12H15N3O4/c1-12(2,13)7-14-9-4-3-8(15(17)18)5-10(9)19-6-11(14)16/h3-5H,6-7,13H2,1-2H3. The molecule has 1 aromatic carbocycles. The second-order valence-electron chi connectivity index (χ2n) is 5.17. The van der Waals surface area contributed by atoms with E-state index >= 15 is 0 Å². The molecule has 1 heterocycles. The first-order valence-electron chi connectivity index (χ1n) is 5.78. The minimum atomic E-state index is -0.563. The first-order chi connectivity index (χ1) is 8.78. The van der Waals surface area contributed by atoms with Crippen LogP contribution >= 0.6 is 0 Å². The maximum atomic E-state index is 11.9. The van der Waals surface area contributed by atoms with Crippen molar-refractivity contribution in [1.29, 1.82) is 0 Å². The van der Waals surface area contributed by atoms with Crippen LogP contribution in [0.5, 0.6) is 5.75 Å². The van der Waals surface area contributed by atoms with Crippen molar-refractivity contribution >= 4 is 17.3 Å². The molecule has 0 unspecified atom stereocenters. The van der Waals surface area contributed by atoms with Gasteiger partial charge in [0.1, 0.15) is 0 Å². The fraction of sp³-hybridized carbons (Fsp3) is 0.417. The number of non-ortho nitro benzene ring substituents is 1. The SMILES string of the molecule is CC(C)(N)CN1C(=O)COc2cc([N+](=O)[O-])ccc21. The van der Waals surface area contributed by atoms with E-state index in [0.29, 0.717) is 18.0 Å². The fourth-order valence-corrected chi connectivity index (χ4v) is 1.89. The summed E-state index contributed by atoms with van der Waals surface area (Å²) < 4.78 is 5.23. The molecule has 1 aliphatic heterocycles. The Kier molecular flexibility index (Phi) is 3.15. The Labute approximate surface area is 110 Å². The van der Waals surface area contributed by atoms with Crippen LogP contribution in [-0.4, -0.2) is 29.5 Å². The summed E-state index contributed by atoms with van der Waals surface area (Å²) in [6.07, 6.45) is 0. The van der Waals surface area contributed by atoms with Crippen LogP contribution in [-0.2, 0) is 4.79 Å². The van der Waals surface area contributed by atoms with Crippen LogP contribution < -0.4 is 15.4 Å². The van der Waals surface area contributed by atoms with Crippen molar-refractivity contribution in [3.63, 3.8) is 0 Å². The van der Waals surface area contributed by atoms with E-state index in [4.69, 9.17) is 10.5 Å². The lowest BCUT2D eigenvalue weighted by Crippen LogP contribution is -2.50. The molecule has 0 fully saturated rings. The monoisotopic (exact) mass is 265 g/mol. The largest absolute Gasteiger partial charge is 0.481 e. The van der Waals surface area contributed by atoms with Gasteiger partial charge in [-0.1, -0.05) is 0 Å². The van der Waals surface area contributed by atoms with E-state index < -0.39 is 10.5 Å². The van der Waals surface area contributed by atoms with Crippen molar-refractivity contribution in [2.75, 3.05) is 18.1 Å². The number of hydrogen-bond acceptors (Lipinski definition) is 5. The molecule has 0 radical (unpaired) electrons. The normalized spacial score (nSPS) is 14.9. The fourth-order valence-electron chi connectivity index (χ4n) is 1.89. The number of carbonyl (C=O) groups is 1. The number of nitro groups is 1. The predicted molar refractivity (Wildman–Crippen MR) is 69.2 cm³/mol. The summed E-state index contributed by atoms with van der Waals surface area (Å²) in [6.45, 7) is 3.80. The molecule has 102 valence electrons. The molecular weight excluding hydrogens is 250 g/mol. The van der Waals surface area contributed by atoms with E-state index in [1.807, 2.05) is 0 Å². The third-order valence-corrected chi connectivity index (χ3v) is 2.66. The van der Waals surface area contributed by atoms with Crippen molar-refractivity contribution in [2.24, 2.45) is 5.73 Å². The molecule has 0 atom stereocenters. The highest BCUT2D eigenvalue weighted by Crippen LogP contribution is 2.35. The summed E-state index contributed by atoms with van der Waals surface area (Å²) in [4.78, 5) is 23.6. The molecule has 0 spiro atoms. The Morgan fingerprint density at radius 3 is 2.79 bits per heavy atom. The molecule has 2 N–H and O–H groups in total. The average Bonchev–Trinajstić information content (AvgIpc) is 2.31. The van der Waals surface area contributed by atoms with Crippen LogP contribution in [0.2, 0.25) is 0 Å². The number of nitrogens with zero attached hydrogens (tertiary/aromatic N) is 2. The molecule has 0 aromatic heterocycles. The number of hydrogen-bond donors (Lipinski definition) is 1. The van der Waals surface area contributed by atoms with Crippen LogP contribution in [0, 0.1) is 10.1 Å². The van der Waals surface area contributed by atoms with Crippen molar-refractivity contribution in [2.45, 2.75) is 19.4 Å². The summed E-state index contributed by atoms with van der Waals surface area (Å²) in [6, 6.07) is 4.17. The summed E-state index contributed by atoms with van der Waals surface area (Å²) in [5.41, 5.74) is 5.80. The topological polar surface area (TPSA) is 98.7 Å². The molecule has 0 aliphatic carbocycles. The lowest BCUT2D eigenvalue weighted by Gasteiger charge is -2.33. The summed E-state index contributed by atoms with van der Waals surface area (Å²) in [5.74, 6) is 0.123. The van der Waals surface area contributed by atoms with Gasteiger partial charge < -0.3 is 15.4 Å². The number of benzene rings is 1. The summed E-state index contributed by atoms with van der Waals surface area (Å²) in [7, 11) is 0. The van der Waals surface area contributed by atoms with E-state index in [9.17, 15) is 14.9 Å². The average molecular weight is 265 g/mol. The minimum absolute atomic E-state index is 0.0694. The number of fused-ring (bicyclic) bond motifs is 1. The van der Waals surface area contributed by atoms with Gasteiger partial charge in [0.25, 0.3) is 11.6 Å². The van der Waals surface area contributed by atoms with Crippen LogP contribution in [0.4, 0.5) is 11.4 Å². The maximum absolute atomic E-state index is 11.9. The minimum Gasteiger partial charge on any atom is -0.481 e. The molecule has 0 saturated heterocycles. The van der Waals surface area contributed by atoms with Gasteiger partial charge in [-0.2, -0.15) is 0 Å². The quantitative estimate of drug-likeness (QED) is 0.650. The first-order valence-corrected chi connectivity index (χ1v) is 5.78. The van der Waals surface area contributed by atoms with Crippen molar-refractivity contribution < 1.29 is 14.5 Å².